The van der Waals surface area contributed by atoms with Crippen molar-refractivity contribution in [1.29, 1.82) is 0 Å². The van der Waals surface area contributed by atoms with Crippen LogP contribution in [0.2, 0.25) is 0 Å². The third kappa shape index (κ3) is 4.46. The average Bonchev–Trinajstić information content (AvgIpc) is 2.35. The summed E-state index contributed by atoms with van der Waals surface area (Å²) in [5.41, 5.74) is 0. The third-order valence-electron chi connectivity index (χ3n) is 5.39. The molecule has 2 aliphatic carbocycles. The summed E-state index contributed by atoms with van der Waals surface area (Å²) < 4.78 is 0. The number of nitrogens with zero attached hydrogens (tertiary/aromatic N) is 1. The maximum Gasteiger partial charge on any atom is 0.0108 e. The van der Waals surface area contributed by atoms with E-state index in [9.17, 15) is 0 Å². The summed E-state index contributed by atoms with van der Waals surface area (Å²) >= 11 is 0. The monoisotopic (exact) mass is 266 g/mol. The summed E-state index contributed by atoms with van der Waals surface area (Å²) in [5.74, 6) is 2.82. The first-order valence-corrected chi connectivity index (χ1v) is 8.68. The Labute approximate surface area is 120 Å². The lowest BCUT2D eigenvalue weighted by molar-refractivity contribution is 0.119. The Morgan fingerprint density at radius 1 is 1.05 bits per heavy atom. The molecule has 0 aromatic heterocycles. The van der Waals surface area contributed by atoms with Crippen molar-refractivity contribution < 1.29 is 0 Å². The second kappa shape index (κ2) is 7.64. The van der Waals surface area contributed by atoms with E-state index in [4.69, 9.17) is 0 Å². The fourth-order valence-electron chi connectivity index (χ4n) is 3.94. The van der Waals surface area contributed by atoms with Crippen LogP contribution in [0.3, 0.4) is 0 Å². The van der Waals surface area contributed by atoms with Crippen LogP contribution in [-0.4, -0.2) is 37.1 Å². The van der Waals surface area contributed by atoms with Crippen molar-refractivity contribution in [3.8, 4) is 0 Å². The second-order valence-electron chi connectivity index (χ2n) is 6.99. The van der Waals surface area contributed by atoms with Gasteiger partial charge in [-0.15, -0.1) is 0 Å². The van der Waals surface area contributed by atoms with Crippen LogP contribution in [0.4, 0.5) is 0 Å². The molecule has 0 spiro atoms. The number of hydrogen-bond donors (Lipinski definition) is 1. The van der Waals surface area contributed by atoms with Crippen LogP contribution in [0, 0.1) is 17.8 Å². The van der Waals surface area contributed by atoms with Crippen LogP contribution in [0.1, 0.15) is 59.3 Å². The normalized spacial score (nSPS) is 32.5. The van der Waals surface area contributed by atoms with Crippen molar-refractivity contribution in [3.05, 3.63) is 0 Å². The van der Waals surface area contributed by atoms with E-state index in [1.165, 1.54) is 58.2 Å². The Morgan fingerprint density at radius 3 is 2.42 bits per heavy atom. The van der Waals surface area contributed by atoms with E-state index in [1.54, 1.807) is 0 Å². The van der Waals surface area contributed by atoms with Gasteiger partial charge in [0.1, 0.15) is 0 Å². The van der Waals surface area contributed by atoms with Gasteiger partial charge in [0.25, 0.3) is 0 Å². The molecule has 0 heterocycles. The van der Waals surface area contributed by atoms with Crippen LogP contribution < -0.4 is 5.32 Å². The van der Waals surface area contributed by atoms with E-state index in [0.29, 0.717) is 0 Å². The molecule has 0 aliphatic heterocycles. The van der Waals surface area contributed by atoms with Gasteiger partial charge in [0.2, 0.25) is 0 Å². The van der Waals surface area contributed by atoms with E-state index in [1.807, 2.05) is 0 Å². The van der Waals surface area contributed by atoms with Gasteiger partial charge < -0.3 is 10.2 Å². The summed E-state index contributed by atoms with van der Waals surface area (Å²) in [6.45, 7) is 12.1. The lowest BCUT2D eigenvalue weighted by Crippen LogP contribution is -2.46. The quantitative estimate of drug-likeness (QED) is 0.758. The Balaban J connectivity index is 1.84. The number of nitrogens with one attached hydrogen (secondary N) is 1. The Morgan fingerprint density at radius 2 is 1.84 bits per heavy atom. The van der Waals surface area contributed by atoms with Crippen molar-refractivity contribution in [2.75, 3.05) is 26.2 Å². The highest BCUT2D eigenvalue weighted by Crippen LogP contribution is 2.31. The lowest BCUT2D eigenvalue weighted by Gasteiger charge is -2.40. The second-order valence-corrected chi connectivity index (χ2v) is 6.99. The lowest BCUT2D eigenvalue weighted by atomic mass is 9.78. The van der Waals surface area contributed by atoms with Gasteiger partial charge in [-0.1, -0.05) is 27.2 Å². The highest BCUT2D eigenvalue weighted by molar-refractivity contribution is 4.86. The van der Waals surface area contributed by atoms with Gasteiger partial charge in [-0.05, 0) is 62.9 Å². The van der Waals surface area contributed by atoms with E-state index >= 15 is 0 Å². The molecule has 2 fully saturated rings. The zero-order valence-corrected chi connectivity index (χ0v) is 13.3. The fourth-order valence-corrected chi connectivity index (χ4v) is 3.94. The molecule has 0 aromatic rings. The molecule has 0 aromatic carbocycles. The highest BCUT2D eigenvalue weighted by atomic mass is 15.1. The van der Waals surface area contributed by atoms with E-state index in [-0.39, 0.29) is 0 Å². The minimum Gasteiger partial charge on any atom is -0.314 e. The van der Waals surface area contributed by atoms with Crippen molar-refractivity contribution >= 4 is 0 Å². The first kappa shape index (κ1) is 15.3. The van der Waals surface area contributed by atoms with Crippen LogP contribution in [0.15, 0.2) is 0 Å². The topological polar surface area (TPSA) is 15.3 Å². The highest BCUT2D eigenvalue weighted by Gasteiger charge is 2.30. The maximum absolute atomic E-state index is 3.74. The predicted octanol–water partition coefficient (Wildman–Crippen LogP) is 3.52. The van der Waals surface area contributed by atoms with Gasteiger partial charge in [-0.3, -0.25) is 0 Å². The molecule has 1 N–H and O–H groups in total. The first-order valence-electron chi connectivity index (χ1n) is 8.68. The Bertz CT molecular complexity index is 250. The first-order chi connectivity index (χ1) is 9.22. The summed E-state index contributed by atoms with van der Waals surface area (Å²) in [5, 5.41) is 3.74. The molecule has 2 rings (SSSR count). The van der Waals surface area contributed by atoms with Crippen molar-refractivity contribution in [3.63, 3.8) is 0 Å². The van der Waals surface area contributed by atoms with E-state index in [0.717, 1.165) is 30.3 Å². The Hall–Kier alpha value is -0.0800. The van der Waals surface area contributed by atoms with Gasteiger partial charge >= 0.3 is 0 Å². The SMILES string of the molecule is CCNC1CCC(C)CC1CN(CC)CC1CCC1. The molecule has 2 aliphatic rings. The maximum atomic E-state index is 3.74. The van der Waals surface area contributed by atoms with Gasteiger partial charge in [-0.25, -0.2) is 0 Å². The number of hydrogen-bond acceptors (Lipinski definition) is 2. The van der Waals surface area contributed by atoms with Crippen molar-refractivity contribution in [2.24, 2.45) is 17.8 Å². The van der Waals surface area contributed by atoms with Crippen molar-refractivity contribution in [1.82, 2.24) is 10.2 Å². The summed E-state index contributed by atoms with van der Waals surface area (Å²) in [6.07, 6.45) is 8.67. The van der Waals surface area contributed by atoms with E-state index < -0.39 is 0 Å². The molecular formula is C17H34N2. The van der Waals surface area contributed by atoms with Gasteiger partial charge in [0, 0.05) is 19.1 Å². The molecule has 112 valence electrons. The minimum atomic E-state index is 0.775. The van der Waals surface area contributed by atoms with Gasteiger partial charge in [0.15, 0.2) is 0 Å². The molecule has 19 heavy (non-hydrogen) atoms. The van der Waals surface area contributed by atoms with Crippen LogP contribution in [0.5, 0.6) is 0 Å². The van der Waals surface area contributed by atoms with Crippen LogP contribution in [-0.2, 0) is 0 Å². The molecule has 2 nitrogen and oxygen atoms in total. The zero-order valence-electron chi connectivity index (χ0n) is 13.3. The fraction of sp³-hybridized carbons (Fsp3) is 1.00. The molecule has 0 saturated heterocycles. The zero-order chi connectivity index (χ0) is 13.7. The Kier molecular flexibility index (Phi) is 6.15. The largest absolute Gasteiger partial charge is 0.314 e. The summed E-state index contributed by atoms with van der Waals surface area (Å²) in [4.78, 5) is 2.73. The predicted molar refractivity (Wildman–Crippen MR) is 83.4 cm³/mol. The molecule has 0 radical (unpaired) electrons. The molecule has 0 amide bonds. The standard InChI is InChI=1S/C17H34N2/c1-4-18-17-10-9-14(3)11-16(17)13-19(5-2)12-15-7-6-8-15/h14-18H,4-13H2,1-3H3. The molecule has 0 bridgehead atoms. The van der Waals surface area contributed by atoms with Crippen LogP contribution >= 0.6 is 0 Å². The minimum absolute atomic E-state index is 0.775. The summed E-state index contributed by atoms with van der Waals surface area (Å²) in [6, 6.07) is 0.775. The molecule has 2 saturated carbocycles. The third-order valence-corrected chi connectivity index (χ3v) is 5.39. The van der Waals surface area contributed by atoms with E-state index in [2.05, 4.69) is 31.0 Å². The molecule has 3 atom stereocenters. The molecular weight excluding hydrogens is 232 g/mol. The van der Waals surface area contributed by atoms with Gasteiger partial charge in [0.05, 0.1) is 0 Å². The summed E-state index contributed by atoms with van der Waals surface area (Å²) in [7, 11) is 0. The molecule has 3 unspecified atom stereocenters. The number of rotatable bonds is 7. The average molecular weight is 266 g/mol. The van der Waals surface area contributed by atoms with Crippen molar-refractivity contribution in [2.45, 2.75) is 65.3 Å². The molecule has 2 heteroatoms. The smallest absolute Gasteiger partial charge is 0.0108 e. The van der Waals surface area contributed by atoms with Crippen LogP contribution in [0.25, 0.3) is 0 Å². The van der Waals surface area contributed by atoms with Gasteiger partial charge in [-0.2, -0.15) is 0 Å².